The maximum Gasteiger partial charge on any atom is 0.249 e. The summed E-state index contributed by atoms with van der Waals surface area (Å²) >= 11 is 0. The first-order valence-electron chi connectivity index (χ1n) is 15.0. The van der Waals surface area contributed by atoms with E-state index in [2.05, 4.69) is 55.9 Å². The van der Waals surface area contributed by atoms with Gasteiger partial charge >= 0.3 is 0 Å². The fourth-order valence-electron chi connectivity index (χ4n) is 6.11. The molecule has 0 spiro atoms. The minimum atomic E-state index is -0.241. The quantitative estimate of drug-likeness (QED) is 0.463. The van der Waals surface area contributed by atoms with Crippen LogP contribution < -0.4 is 24.8 Å². The Bertz CT molecular complexity index is 1180. The zero-order valence-electron chi connectivity index (χ0n) is 25.3. The number of aromatic nitrogens is 2. The van der Waals surface area contributed by atoms with E-state index in [4.69, 9.17) is 14.5 Å². The van der Waals surface area contributed by atoms with Crippen molar-refractivity contribution in [2.24, 2.45) is 0 Å². The summed E-state index contributed by atoms with van der Waals surface area (Å²) in [6.07, 6.45) is 3.65. The fourth-order valence-corrected chi connectivity index (χ4v) is 6.11. The van der Waals surface area contributed by atoms with Gasteiger partial charge in [-0.1, -0.05) is 6.92 Å². The normalized spacial score (nSPS) is 20.5. The molecule has 0 unspecified atom stereocenters. The monoisotopic (exact) mass is 566 g/mol. The highest BCUT2D eigenvalue weighted by molar-refractivity contribution is 6.04. The molecule has 0 bridgehead atoms. The largest absolute Gasteiger partial charge is 0.494 e. The number of methoxy groups -OCH3 is 1. The molecule has 11 nitrogen and oxygen atoms in total. The van der Waals surface area contributed by atoms with Gasteiger partial charge in [-0.15, -0.1) is 0 Å². The van der Waals surface area contributed by atoms with Crippen LogP contribution in [0.5, 0.6) is 5.75 Å². The molecule has 0 radical (unpaired) electrons. The van der Waals surface area contributed by atoms with E-state index in [1.807, 2.05) is 13.0 Å². The number of amides is 1. The molecule has 1 N–H and O–H groups in total. The van der Waals surface area contributed by atoms with Crippen LogP contribution in [0.15, 0.2) is 24.4 Å². The van der Waals surface area contributed by atoms with Crippen LogP contribution in [0.1, 0.15) is 33.6 Å². The highest BCUT2D eigenvalue weighted by Crippen LogP contribution is 2.37. The molecule has 5 rings (SSSR count). The number of nitrogens with one attached hydrogen (secondary N) is 1. The first-order valence-corrected chi connectivity index (χ1v) is 15.0. The number of hydrogen-bond acceptors (Lipinski definition) is 10. The number of anilines is 5. The Morgan fingerprint density at radius 2 is 1.78 bits per heavy atom. The van der Waals surface area contributed by atoms with Gasteiger partial charge in [0, 0.05) is 64.1 Å². The third-order valence-corrected chi connectivity index (χ3v) is 8.47. The van der Waals surface area contributed by atoms with Crippen LogP contribution >= 0.6 is 0 Å². The smallest absolute Gasteiger partial charge is 0.249 e. The highest BCUT2D eigenvalue weighted by atomic mass is 16.5. The number of benzene rings is 1. The number of hydrogen-bond donors (Lipinski definition) is 1. The van der Waals surface area contributed by atoms with Gasteiger partial charge in [0.1, 0.15) is 17.5 Å². The molecule has 2 aromatic rings. The van der Waals surface area contributed by atoms with Gasteiger partial charge in [-0.2, -0.15) is 4.98 Å². The summed E-state index contributed by atoms with van der Waals surface area (Å²) in [4.78, 5) is 33.7. The molecule has 3 aliphatic heterocycles. The number of piperazine rings is 1. The second kappa shape index (κ2) is 13.2. The summed E-state index contributed by atoms with van der Waals surface area (Å²) in [6.45, 7) is 16.5. The summed E-state index contributed by atoms with van der Waals surface area (Å²) in [7, 11) is 3.49. The number of rotatable bonds is 10. The van der Waals surface area contributed by atoms with E-state index in [1.165, 1.54) is 6.42 Å². The Balaban J connectivity index is 1.22. The van der Waals surface area contributed by atoms with Crippen LogP contribution in [0.3, 0.4) is 0 Å². The van der Waals surface area contributed by atoms with Crippen molar-refractivity contribution in [1.29, 1.82) is 0 Å². The molecule has 1 aromatic heterocycles. The average molecular weight is 567 g/mol. The maximum atomic E-state index is 13.0. The van der Waals surface area contributed by atoms with Crippen LogP contribution in [-0.4, -0.2) is 117 Å². The zero-order chi connectivity index (χ0) is 28.9. The molecular weight excluding hydrogens is 520 g/mol. The summed E-state index contributed by atoms with van der Waals surface area (Å²) in [5.41, 5.74) is 2.69. The van der Waals surface area contributed by atoms with Gasteiger partial charge in [-0.05, 0) is 51.9 Å². The van der Waals surface area contributed by atoms with Crippen LogP contribution in [-0.2, 0) is 9.53 Å². The maximum absolute atomic E-state index is 13.0. The fraction of sp³-hybridized carbons (Fsp3) is 0.633. The molecule has 0 aliphatic carbocycles. The van der Waals surface area contributed by atoms with Gasteiger partial charge in [-0.3, -0.25) is 14.6 Å². The second-order valence-electron chi connectivity index (χ2n) is 11.4. The molecule has 2 fully saturated rings. The second-order valence-corrected chi connectivity index (χ2v) is 11.4. The number of morpholine rings is 1. The van der Waals surface area contributed by atoms with Crippen molar-refractivity contribution in [3.8, 4) is 5.75 Å². The molecule has 1 amide bonds. The molecule has 11 heteroatoms. The molecule has 224 valence electrons. The van der Waals surface area contributed by atoms with Gasteiger partial charge in [0.2, 0.25) is 11.9 Å². The highest BCUT2D eigenvalue weighted by Gasteiger charge is 2.38. The molecule has 0 saturated carbocycles. The Morgan fingerprint density at radius 1 is 1.07 bits per heavy atom. The van der Waals surface area contributed by atoms with Crippen LogP contribution in [0, 0.1) is 0 Å². The molecule has 3 aliphatic rings. The summed E-state index contributed by atoms with van der Waals surface area (Å²) in [6, 6.07) is 6.15. The van der Waals surface area contributed by atoms with Gasteiger partial charge in [0.15, 0.2) is 5.82 Å². The lowest BCUT2D eigenvalue weighted by atomic mass is 10.1. The first-order chi connectivity index (χ1) is 19.9. The van der Waals surface area contributed by atoms with Crippen LogP contribution in [0.4, 0.5) is 28.8 Å². The SMILES string of the molecule is CC[C@@H]1C(=O)N(C)c2cnc(Nc3ccc(N4CCN(CCCN5CCOCC5)CC4)cc3OC)nc2N1C(C)C. The van der Waals surface area contributed by atoms with Crippen molar-refractivity contribution in [1.82, 2.24) is 19.8 Å². The Hall–Kier alpha value is -3.15. The molecule has 41 heavy (non-hydrogen) atoms. The van der Waals surface area contributed by atoms with E-state index in [0.29, 0.717) is 12.4 Å². The molecule has 4 heterocycles. The summed E-state index contributed by atoms with van der Waals surface area (Å²) in [5, 5.41) is 3.36. The van der Waals surface area contributed by atoms with Gasteiger partial charge in [-0.25, -0.2) is 4.98 Å². The van der Waals surface area contributed by atoms with E-state index in [1.54, 1.807) is 25.3 Å². The Kier molecular flexibility index (Phi) is 9.46. The minimum absolute atomic E-state index is 0.0732. The predicted molar refractivity (Wildman–Crippen MR) is 164 cm³/mol. The summed E-state index contributed by atoms with van der Waals surface area (Å²) < 4.78 is 11.2. The van der Waals surface area contributed by atoms with Crippen molar-refractivity contribution in [2.45, 2.75) is 45.7 Å². The lowest BCUT2D eigenvalue weighted by Gasteiger charge is -2.42. The van der Waals surface area contributed by atoms with Gasteiger partial charge in [0.25, 0.3) is 0 Å². The predicted octanol–water partition coefficient (Wildman–Crippen LogP) is 3.04. The van der Waals surface area contributed by atoms with E-state index in [0.717, 1.165) is 94.2 Å². The van der Waals surface area contributed by atoms with Crippen molar-refractivity contribution in [3.05, 3.63) is 24.4 Å². The first kappa shape index (κ1) is 29.3. The number of carbonyl (C=O) groups excluding carboxylic acids is 1. The summed E-state index contributed by atoms with van der Waals surface area (Å²) in [5.74, 6) is 2.06. The van der Waals surface area contributed by atoms with E-state index in [9.17, 15) is 4.79 Å². The van der Waals surface area contributed by atoms with Crippen molar-refractivity contribution in [2.75, 3.05) is 99.7 Å². The molecule has 1 atom stereocenters. The number of fused-ring (bicyclic) bond motifs is 1. The van der Waals surface area contributed by atoms with E-state index < -0.39 is 0 Å². The Morgan fingerprint density at radius 3 is 2.44 bits per heavy atom. The molecular formula is C30H46N8O3. The van der Waals surface area contributed by atoms with E-state index in [-0.39, 0.29) is 18.0 Å². The van der Waals surface area contributed by atoms with Crippen molar-refractivity contribution in [3.63, 3.8) is 0 Å². The van der Waals surface area contributed by atoms with Crippen LogP contribution in [0.25, 0.3) is 0 Å². The van der Waals surface area contributed by atoms with Gasteiger partial charge in [0.05, 0.1) is 32.2 Å². The van der Waals surface area contributed by atoms with E-state index >= 15 is 0 Å². The number of nitrogens with zero attached hydrogens (tertiary/aromatic N) is 7. The zero-order valence-corrected chi connectivity index (χ0v) is 25.3. The number of likely N-dealkylation sites (N-methyl/N-ethyl adjacent to an activating group) is 1. The third-order valence-electron chi connectivity index (χ3n) is 8.47. The third kappa shape index (κ3) is 6.52. The van der Waals surface area contributed by atoms with Crippen molar-refractivity contribution >= 4 is 34.7 Å². The topological polar surface area (TPSA) is 89.5 Å². The standard InChI is InChI=1S/C30H46N8O3/c1-6-25-29(39)34(4)26-21-31-30(33-28(26)38(25)22(2)3)32-24-9-8-23(20-27(24)40-5)37-14-12-35(13-15-37)10-7-11-36-16-18-41-19-17-36/h8-9,20-22,25H,6-7,10-19H2,1-5H3,(H,31,32,33)/t25-/m1/s1. The lowest BCUT2D eigenvalue weighted by molar-refractivity contribution is -0.120. The van der Waals surface area contributed by atoms with Crippen molar-refractivity contribution < 1.29 is 14.3 Å². The molecule has 2 saturated heterocycles. The number of carbonyl (C=O) groups is 1. The average Bonchev–Trinajstić information content (AvgIpc) is 2.99. The Labute approximate surface area is 244 Å². The van der Waals surface area contributed by atoms with Gasteiger partial charge < -0.3 is 29.5 Å². The van der Waals surface area contributed by atoms with Crippen LogP contribution in [0.2, 0.25) is 0 Å². The lowest BCUT2D eigenvalue weighted by Crippen LogP contribution is -2.54. The minimum Gasteiger partial charge on any atom is -0.494 e. The molecule has 1 aromatic carbocycles. The number of ether oxygens (including phenoxy) is 2.